The third-order valence-corrected chi connectivity index (χ3v) is 7.19. The third kappa shape index (κ3) is 19.6. The summed E-state index contributed by atoms with van der Waals surface area (Å²) in [4.78, 5) is 33.2. The lowest BCUT2D eigenvalue weighted by atomic mass is 10.0. The van der Waals surface area contributed by atoms with E-state index in [1.165, 1.54) is 32.2 Å². The minimum absolute atomic E-state index is 0.0437. The minimum atomic E-state index is -0.0437. The van der Waals surface area contributed by atoms with Gasteiger partial charge in [0.05, 0.1) is 12.1 Å². The summed E-state index contributed by atoms with van der Waals surface area (Å²) in [7, 11) is 2.01. The van der Waals surface area contributed by atoms with Gasteiger partial charge >= 0.3 is 6.03 Å². The van der Waals surface area contributed by atoms with Crippen LogP contribution in [0.4, 0.5) is 4.79 Å². The smallest absolute Gasteiger partial charge is 0.315 e. The molecule has 0 aromatic heterocycles. The van der Waals surface area contributed by atoms with Crippen LogP contribution in [0.25, 0.3) is 0 Å². The second kappa shape index (κ2) is 27.3. The number of nitrogens with one attached hydrogen (secondary N) is 4. The number of unbranched alkanes of at least 4 members (excludes halogenated alkanes) is 7. The summed E-state index contributed by atoms with van der Waals surface area (Å²) >= 11 is 1.92. The van der Waals surface area contributed by atoms with Gasteiger partial charge in [0, 0.05) is 30.4 Å². The molecule has 0 radical (unpaired) electrons. The van der Waals surface area contributed by atoms with Crippen LogP contribution in [-0.2, 0) is 9.59 Å². The molecule has 35 heavy (non-hydrogen) atoms. The molecule has 8 heteroatoms. The van der Waals surface area contributed by atoms with Gasteiger partial charge in [-0.25, -0.2) is 4.79 Å². The molecule has 2 unspecified atom stereocenters. The molecule has 7 nitrogen and oxygen atoms in total. The lowest BCUT2D eigenvalue weighted by Crippen LogP contribution is -2.36. The Morgan fingerprint density at radius 1 is 0.971 bits per heavy atom. The molecule has 2 rings (SSSR count). The van der Waals surface area contributed by atoms with E-state index in [2.05, 4.69) is 28.2 Å². The summed E-state index contributed by atoms with van der Waals surface area (Å²) in [5, 5.41) is 12.5. The fourth-order valence-corrected chi connectivity index (χ4v) is 5.39. The van der Waals surface area contributed by atoms with E-state index in [9.17, 15) is 14.4 Å². The molecule has 2 fully saturated rings. The lowest BCUT2D eigenvalue weighted by molar-refractivity contribution is -0.121. The first-order chi connectivity index (χ1) is 17.1. The number of hydrogen-bond donors (Lipinski definition) is 4. The van der Waals surface area contributed by atoms with Crippen LogP contribution in [0.2, 0.25) is 0 Å². The lowest BCUT2D eigenvalue weighted by Gasteiger charge is -2.16. The van der Waals surface area contributed by atoms with Gasteiger partial charge in [-0.1, -0.05) is 66.7 Å². The number of amides is 3. The number of hydrogen-bond acceptors (Lipinski definition) is 5. The summed E-state index contributed by atoms with van der Waals surface area (Å²) < 4.78 is 0. The van der Waals surface area contributed by atoms with Crippen LogP contribution in [0.3, 0.4) is 0 Å². The monoisotopic (exact) mass is 516 g/mol. The molecule has 4 N–H and O–H groups in total. The number of urea groups is 1. The van der Waals surface area contributed by atoms with Crippen molar-refractivity contribution in [3.8, 4) is 0 Å². The van der Waals surface area contributed by atoms with Crippen LogP contribution >= 0.6 is 11.8 Å². The van der Waals surface area contributed by atoms with E-state index in [1.54, 1.807) is 0 Å². The standard InChI is InChI=1S/C16H27N3O3S.C7H17N.2C2H6/c20-10-6-2-1-5-9-17-14(21)8-4-3-7-13-15-12(11-23-13)18-16(22)19-15;1-3-4-5-6-7-8-2;2*1-2/h10,12-13,15H,1-9,11H2,(H,17,21)(H2,18,19,22);8H,3-7H2,1-2H3;2*1-2H3/t12?,13-,15?;;;/m0.../s1. The Hall–Kier alpha value is -1.28. The molecular weight excluding hydrogens is 460 g/mol. The first-order valence-electron chi connectivity index (χ1n) is 14.2. The third-order valence-electron chi connectivity index (χ3n) is 5.68. The summed E-state index contributed by atoms with van der Waals surface area (Å²) in [5.74, 6) is 1.10. The maximum Gasteiger partial charge on any atom is 0.315 e. The number of thioether (sulfide) groups is 1. The number of rotatable bonds is 16. The van der Waals surface area contributed by atoms with Crippen molar-refractivity contribution in [3.63, 3.8) is 0 Å². The molecule has 0 saturated carbocycles. The van der Waals surface area contributed by atoms with Gasteiger partial charge in [0.2, 0.25) is 5.91 Å². The Labute approximate surface area is 220 Å². The zero-order chi connectivity index (χ0) is 26.7. The van der Waals surface area contributed by atoms with Crippen molar-refractivity contribution >= 4 is 30.0 Å². The van der Waals surface area contributed by atoms with E-state index >= 15 is 0 Å². The molecule has 3 amide bonds. The summed E-state index contributed by atoms with van der Waals surface area (Å²) in [6, 6.07) is 0.491. The highest BCUT2D eigenvalue weighted by atomic mass is 32.2. The highest BCUT2D eigenvalue weighted by molar-refractivity contribution is 8.00. The van der Waals surface area contributed by atoms with Gasteiger partial charge < -0.3 is 26.1 Å². The molecule has 0 aromatic carbocycles. The molecule has 0 aliphatic carbocycles. The Morgan fingerprint density at radius 2 is 1.66 bits per heavy atom. The number of carbonyl (C=O) groups excluding carboxylic acids is 3. The second-order valence-electron chi connectivity index (χ2n) is 8.40. The molecule has 0 bridgehead atoms. The quantitative estimate of drug-likeness (QED) is 0.125. The summed E-state index contributed by atoms with van der Waals surface area (Å²) in [5.41, 5.74) is 0. The topological polar surface area (TPSA) is 99.3 Å². The molecule has 2 saturated heterocycles. The van der Waals surface area contributed by atoms with Gasteiger partial charge in [0.15, 0.2) is 0 Å². The first-order valence-corrected chi connectivity index (χ1v) is 15.2. The zero-order valence-electron chi connectivity index (χ0n) is 23.5. The highest BCUT2D eigenvalue weighted by Crippen LogP contribution is 2.33. The van der Waals surface area contributed by atoms with Gasteiger partial charge in [-0.05, 0) is 45.7 Å². The predicted octanol–water partition coefficient (Wildman–Crippen LogP) is 5.43. The van der Waals surface area contributed by atoms with Crippen LogP contribution < -0.4 is 21.3 Å². The number of carbonyl (C=O) groups is 3. The van der Waals surface area contributed by atoms with Crippen molar-refractivity contribution in [3.05, 3.63) is 0 Å². The van der Waals surface area contributed by atoms with Crippen LogP contribution in [0.15, 0.2) is 0 Å². The van der Waals surface area contributed by atoms with E-state index in [4.69, 9.17) is 0 Å². The van der Waals surface area contributed by atoms with Crippen molar-refractivity contribution in [2.24, 2.45) is 0 Å². The van der Waals surface area contributed by atoms with Crippen LogP contribution in [-0.4, -0.2) is 61.4 Å². The first kappa shape index (κ1) is 35.9. The second-order valence-corrected chi connectivity index (χ2v) is 9.67. The molecule has 2 heterocycles. The Balaban J connectivity index is 0. The van der Waals surface area contributed by atoms with E-state index in [-0.39, 0.29) is 24.0 Å². The zero-order valence-corrected chi connectivity index (χ0v) is 24.4. The summed E-state index contributed by atoms with van der Waals surface area (Å²) in [6.07, 6.45) is 13.4. The fourth-order valence-electron chi connectivity index (χ4n) is 3.85. The molecule has 2 aliphatic heterocycles. The molecule has 0 aromatic rings. The van der Waals surface area contributed by atoms with Crippen molar-refractivity contribution in [2.75, 3.05) is 25.9 Å². The van der Waals surface area contributed by atoms with Gasteiger partial charge in [0.25, 0.3) is 0 Å². The molecular formula is C27H56N4O3S. The van der Waals surface area contributed by atoms with Gasteiger partial charge in [0.1, 0.15) is 6.29 Å². The van der Waals surface area contributed by atoms with Crippen molar-refractivity contribution in [1.29, 1.82) is 0 Å². The molecule has 0 spiro atoms. The van der Waals surface area contributed by atoms with E-state index in [0.717, 1.165) is 50.6 Å². The minimum Gasteiger partial charge on any atom is -0.356 e. The van der Waals surface area contributed by atoms with Gasteiger partial charge in [-0.2, -0.15) is 11.8 Å². The van der Waals surface area contributed by atoms with Crippen LogP contribution in [0.5, 0.6) is 0 Å². The molecule has 208 valence electrons. The van der Waals surface area contributed by atoms with Crippen molar-refractivity contribution in [1.82, 2.24) is 21.3 Å². The van der Waals surface area contributed by atoms with E-state index < -0.39 is 0 Å². The average Bonchev–Trinajstić information content (AvgIpc) is 3.44. The van der Waals surface area contributed by atoms with Crippen LogP contribution in [0.1, 0.15) is 112 Å². The van der Waals surface area contributed by atoms with Crippen LogP contribution in [0, 0.1) is 0 Å². The van der Waals surface area contributed by atoms with E-state index in [1.807, 2.05) is 46.5 Å². The number of aldehydes is 1. The van der Waals surface area contributed by atoms with Gasteiger partial charge in [-0.15, -0.1) is 0 Å². The average molecular weight is 517 g/mol. The van der Waals surface area contributed by atoms with E-state index in [0.29, 0.717) is 24.6 Å². The number of fused-ring (bicyclic) bond motifs is 1. The maximum absolute atomic E-state index is 11.7. The Morgan fingerprint density at radius 3 is 2.31 bits per heavy atom. The predicted molar refractivity (Wildman–Crippen MR) is 152 cm³/mol. The maximum atomic E-state index is 11.7. The van der Waals surface area contributed by atoms with Crippen molar-refractivity contribution in [2.45, 2.75) is 129 Å². The SMILES string of the molecule is CC.CC.CCCCCCNC.O=CCCCCCNC(=O)CCCC[C@@H]1SCC2NC(=O)NC21. The van der Waals surface area contributed by atoms with Gasteiger partial charge in [-0.3, -0.25) is 4.79 Å². The Kier molecular flexibility index (Phi) is 28.0. The molecule has 2 aliphatic rings. The molecule has 3 atom stereocenters. The fraction of sp³-hybridized carbons (Fsp3) is 0.889. The Bertz CT molecular complexity index is 503. The highest BCUT2D eigenvalue weighted by Gasteiger charge is 2.42. The normalized spacial score (nSPS) is 19.4. The summed E-state index contributed by atoms with van der Waals surface area (Å²) in [6.45, 7) is 12.1. The van der Waals surface area contributed by atoms with Crippen molar-refractivity contribution < 1.29 is 14.4 Å². The largest absolute Gasteiger partial charge is 0.356 e.